The average Bonchev–Trinajstić information content (AvgIpc) is 2.26. The third-order valence-electron chi connectivity index (χ3n) is 3.12. The van der Waals surface area contributed by atoms with Crippen LogP contribution >= 0.6 is 0 Å². The van der Waals surface area contributed by atoms with Crippen LogP contribution in [0.15, 0.2) is 4.99 Å². The van der Waals surface area contributed by atoms with Crippen LogP contribution in [0.25, 0.3) is 0 Å². The topological polar surface area (TPSA) is 62.4 Å². The van der Waals surface area contributed by atoms with Gasteiger partial charge in [0.1, 0.15) is 0 Å². The van der Waals surface area contributed by atoms with E-state index in [4.69, 9.17) is 5.84 Å². The molecule has 0 aromatic heterocycles. The van der Waals surface area contributed by atoms with Gasteiger partial charge >= 0.3 is 0 Å². The fraction of sp³-hybridized carbons (Fsp3) is 0.900. The number of nitrogens with two attached hydrogens (primary N) is 1. The molecule has 0 amide bonds. The summed E-state index contributed by atoms with van der Waals surface area (Å²) in [5.41, 5.74) is 2.58. The lowest BCUT2D eigenvalue weighted by molar-refractivity contribution is 0.278. The molecule has 0 bridgehead atoms. The van der Waals surface area contributed by atoms with Crippen LogP contribution in [0.2, 0.25) is 0 Å². The van der Waals surface area contributed by atoms with Crippen molar-refractivity contribution < 1.29 is 0 Å². The molecule has 0 spiro atoms. The molecule has 1 aliphatic carbocycles. The van der Waals surface area contributed by atoms with E-state index in [1.54, 1.807) is 7.05 Å². The number of rotatable bonds is 2. The molecule has 4 nitrogen and oxygen atoms in total. The highest BCUT2D eigenvalue weighted by molar-refractivity contribution is 5.79. The van der Waals surface area contributed by atoms with Crippen LogP contribution in [-0.4, -0.2) is 19.0 Å². The second-order valence-electron chi connectivity index (χ2n) is 3.92. The molecule has 4 N–H and O–H groups in total. The highest BCUT2D eigenvalue weighted by atomic mass is 15.3. The lowest BCUT2D eigenvalue weighted by atomic mass is 9.83. The molecule has 82 valence electrons. The van der Waals surface area contributed by atoms with Gasteiger partial charge in [0.05, 0.1) is 0 Å². The van der Waals surface area contributed by atoms with E-state index in [1.807, 2.05) is 0 Å². The monoisotopic (exact) mass is 198 g/mol. The van der Waals surface area contributed by atoms with Crippen molar-refractivity contribution in [1.29, 1.82) is 0 Å². The van der Waals surface area contributed by atoms with Gasteiger partial charge in [0.25, 0.3) is 0 Å². The molecule has 2 unspecified atom stereocenters. The molecule has 0 aromatic rings. The maximum absolute atomic E-state index is 5.34. The van der Waals surface area contributed by atoms with Crippen LogP contribution in [0.5, 0.6) is 0 Å². The van der Waals surface area contributed by atoms with Crippen LogP contribution in [0.1, 0.15) is 39.0 Å². The lowest BCUT2D eigenvalue weighted by Crippen LogP contribution is -2.49. The van der Waals surface area contributed by atoms with E-state index >= 15 is 0 Å². The first-order chi connectivity index (χ1) is 6.81. The highest BCUT2D eigenvalue weighted by Gasteiger charge is 2.23. The first kappa shape index (κ1) is 11.3. The molecular weight excluding hydrogens is 176 g/mol. The largest absolute Gasteiger partial charge is 0.352 e. The number of guanidine groups is 1. The number of aliphatic imine (C=N–C) groups is 1. The van der Waals surface area contributed by atoms with Crippen LogP contribution in [0.4, 0.5) is 0 Å². The van der Waals surface area contributed by atoms with Gasteiger partial charge in [0.15, 0.2) is 0 Å². The molecule has 1 aliphatic rings. The lowest BCUT2D eigenvalue weighted by Gasteiger charge is -2.32. The van der Waals surface area contributed by atoms with Crippen molar-refractivity contribution in [2.75, 3.05) is 7.05 Å². The van der Waals surface area contributed by atoms with Gasteiger partial charge in [0, 0.05) is 13.1 Å². The predicted molar refractivity (Wildman–Crippen MR) is 59.9 cm³/mol. The Kier molecular flexibility index (Phi) is 4.73. The van der Waals surface area contributed by atoms with Gasteiger partial charge in [-0.05, 0) is 18.8 Å². The normalized spacial score (nSPS) is 28.6. The quantitative estimate of drug-likeness (QED) is 0.268. The van der Waals surface area contributed by atoms with Gasteiger partial charge in [-0.15, -0.1) is 0 Å². The predicted octanol–water partition coefficient (Wildman–Crippen LogP) is 0.994. The molecule has 0 aromatic carbocycles. The molecule has 1 fully saturated rings. The van der Waals surface area contributed by atoms with Gasteiger partial charge < -0.3 is 5.32 Å². The number of nitrogens with zero attached hydrogens (tertiary/aromatic N) is 1. The first-order valence-corrected chi connectivity index (χ1v) is 5.51. The van der Waals surface area contributed by atoms with Gasteiger partial charge in [-0.25, -0.2) is 5.84 Å². The second kappa shape index (κ2) is 5.86. The number of nitrogens with one attached hydrogen (secondary N) is 2. The Morgan fingerprint density at radius 3 is 2.71 bits per heavy atom. The van der Waals surface area contributed by atoms with E-state index in [2.05, 4.69) is 22.7 Å². The Balaban J connectivity index is 2.47. The van der Waals surface area contributed by atoms with E-state index in [0.29, 0.717) is 12.0 Å². The maximum Gasteiger partial charge on any atom is 0.205 e. The number of hydrogen-bond donors (Lipinski definition) is 3. The molecule has 2 atom stereocenters. The van der Waals surface area contributed by atoms with E-state index in [0.717, 1.165) is 5.92 Å². The molecule has 14 heavy (non-hydrogen) atoms. The molecule has 1 rings (SSSR count). The standard InChI is InChI=1S/C10H22N4/c1-3-8-6-4-5-7-9(8)13-10(12-2)14-11/h8-9H,3-7,11H2,1-2H3,(H2,12,13,14). The summed E-state index contributed by atoms with van der Waals surface area (Å²) in [6.45, 7) is 2.25. The third kappa shape index (κ3) is 2.87. The van der Waals surface area contributed by atoms with Crippen molar-refractivity contribution in [3.63, 3.8) is 0 Å². The zero-order valence-corrected chi connectivity index (χ0v) is 9.21. The summed E-state index contributed by atoms with van der Waals surface area (Å²) in [5, 5.41) is 3.37. The molecule has 4 heteroatoms. The summed E-state index contributed by atoms with van der Waals surface area (Å²) in [6, 6.07) is 0.545. The summed E-state index contributed by atoms with van der Waals surface area (Å²) in [7, 11) is 1.74. The molecule has 0 saturated heterocycles. The fourth-order valence-electron chi connectivity index (χ4n) is 2.23. The summed E-state index contributed by atoms with van der Waals surface area (Å²) in [6.07, 6.45) is 6.48. The Morgan fingerprint density at radius 1 is 1.43 bits per heavy atom. The van der Waals surface area contributed by atoms with Gasteiger partial charge in [0.2, 0.25) is 5.96 Å². The molecule has 1 saturated carbocycles. The van der Waals surface area contributed by atoms with Crippen molar-refractivity contribution in [1.82, 2.24) is 10.7 Å². The minimum absolute atomic E-state index is 0.545. The molecule has 0 heterocycles. The Hall–Kier alpha value is -0.770. The summed E-state index contributed by atoms with van der Waals surface area (Å²) >= 11 is 0. The van der Waals surface area contributed by atoms with E-state index < -0.39 is 0 Å². The smallest absolute Gasteiger partial charge is 0.205 e. The van der Waals surface area contributed by atoms with Crippen molar-refractivity contribution in [2.45, 2.75) is 45.1 Å². The SMILES string of the molecule is CCC1CCCCC1NC(=NC)NN. The summed E-state index contributed by atoms with van der Waals surface area (Å²) in [5.74, 6) is 6.82. The second-order valence-corrected chi connectivity index (χ2v) is 3.92. The third-order valence-corrected chi connectivity index (χ3v) is 3.12. The number of hydrogen-bond acceptors (Lipinski definition) is 2. The zero-order chi connectivity index (χ0) is 10.4. The van der Waals surface area contributed by atoms with Crippen molar-refractivity contribution in [2.24, 2.45) is 16.8 Å². The van der Waals surface area contributed by atoms with Gasteiger partial charge in [-0.2, -0.15) is 0 Å². The van der Waals surface area contributed by atoms with Crippen molar-refractivity contribution >= 4 is 5.96 Å². The summed E-state index contributed by atoms with van der Waals surface area (Å²) in [4.78, 5) is 4.04. The average molecular weight is 198 g/mol. The van der Waals surface area contributed by atoms with Crippen molar-refractivity contribution in [3.8, 4) is 0 Å². The maximum atomic E-state index is 5.34. The van der Waals surface area contributed by atoms with Gasteiger partial charge in [-0.1, -0.05) is 26.2 Å². The zero-order valence-electron chi connectivity index (χ0n) is 9.21. The van der Waals surface area contributed by atoms with Crippen LogP contribution in [0.3, 0.4) is 0 Å². The highest BCUT2D eigenvalue weighted by Crippen LogP contribution is 2.26. The first-order valence-electron chi connectivity index (χ1n) is 5.51. The minimum Gasteiger partial charge on any atom is -0.352 e. The van der Waals surface area contributed by atoms with Crippen LogP contribution in [0, 0.1) is 5.92 Å². The van der Waals surface area contributed by atoms with Crippen LogP contribution in [-0.2, 0) is 0 Å². The van der Waals surface area contributed by atoms with E-state index in [-0.39, 0.29) is 0 Å². The van der Waals surface area contributed by atoms with Crippen molar-refractivity contribution in [3.05, 3.63) is 0 Å². The van der Waals surface area contributed by atoms with E-state index in [9.17, 15) is 0 Å². The van der Waals surface area contributed by atoms with Gasteiger partial charge in [-0.3, -0.25) is 10.4 Å². The minimum atomic E-state index is 0.545. The molecule has 0 radical (unpaired) electrons. The molecular formula is C10H22N4. The Bertz CT molecular complexity index is 191. The molecule has 0 aliphatic heterocycles. The summed E-state index contributed by atoms with van der Waals surface area (Å²) < 4.78 is 0. The van der Waals surface area contributed by atoms with Crippen LogP contribution < -0.4 is 16.6 Å². The Morgan fingerprint density at radius 2 is 2.14 bits per heavy atom. The van der Waals surface area contributed by atoms with E-state index in [1.165, 1.54) is 32.1 Å². The Labute approximate surface area is 86.3 Å². The fourth-order valence-corrected chi connectivity index (χ4v) is 2.23. The number of hydrazine groups is 1.